The zero-order valence-corrected chi connectivity index (χ0v) is 14.0. The van der Waals surface area contributed by atoms with Crippen LogP contribution in [-0.2, 0) is 0 Å². The molecule has 0 aromatic heterocycles. The van der Waals surface area contributed by atoms with E-state index < -0.39 is 0 Å². The van der Waals surface area contributed by atoms with Crippen molar-refractivity contribution in [2.45, 2.75) is 87.0 Å². The highest BCUT2D eigenvalue weighted by molar-refractivity contribution is 4.88. The van der Waals surface area contributed by atoms with Crippen LogP contribution in [0.15, 0.2) is 0 Å². The van der Waals surface area contributed by atoms with Gasteiger partial charge in [-0.2, -0.15) is 0 Å². The third-order valence-electron chi connectivity index (χ3n) is 4.51. The molecule has 0 bridgehead atoms. The second kappa shape index (κ2) is 5.97. The molecule has 0 amide bonds. The van der Waals surface area contributed by atoms with E-state index in [0.29, 0.717) is 10.8 Å². The summed E-state index contributed by atoms with van der Waals surface area (Å²) in [6.45, 7) is 16.0. The van der Waals surface area contributed by atoms with Crippen molar-refractivity contribution in [3.8, 4) is 0 Å². The fourth-order valence-corrected chi connectivity index (χ4v) is 3.49. The van der Waals surface area contributed by atoms with Gasteiger partial charge < -0.3 is 0 Å². The van der Waals surface area contributed by atoms with Crippen LogP contribution in [0.4, 0.5) is 0 Å². The SMILES string of the molecule is CC(C)(C)C.CC(C)(C)C1CCC2CCCC2C1. The molecule has 0 aromatic carbocycles. The Bertz CT molecular complexity index is 232. The lowest BCUT2D eigenvalue weighted by molar-refractivity contribution is 0.114. The molecule has 2 rings (SSSR count). The molecule has 108 valence electrons. The second-order valence-corrected chi connectivity index (χ2v) is 9.33. The van der Waals surface area contributed by atoms with Crippen molar-refractivity contribution >= 4 is 0 Å². The third-order valence-corrected chi connectivity index (χ3v) is 4.51. The Hall–Kier alpha value is 0. The van der Waals surface area contributed by atoms with E-state index in [1.807, 2.05) is 0 Å². The first-order valence-electron chi connectivity index (χ1n) is 8.07. The standard InChI is InChI=1S/C13H24.C5H12/c1-13(2,3)12-8-7-10-5-4-6-11(10)9-12;1-5(2,3)4/h10-12H,4-9H2,1-3H3;1-4H3. The topological polar surface area (TPSA) is 0 Å². The molecule has 0 N–H and O–H groups in total. The minimum Gasteiger partial charge on any atom is -0.0604 e. The van der Waals surface area contributed by atoms with E-state index in [1.54, 1.807) is 6.42 Å². The third kappa shape index (κ3) is 5.76. The highest BCUT2D eigenvalue weighted by Gasteiger charge is 2.37. The van der Waals surface area contributed by atoms with E-state index in [9.17, 15) is 0 Å². The Morgan fingerprint density at radius 2 is 1.17 bits per heavy atom. The van der Waals surface area contributed by atoms with Crippen LogP contribution in [0.25, 0.3) is 0 Å². The molecule has 0 radical (unpaired) electrons. The van der Waals surface area contributed by atoms with Gasteiger partial charge in [-0.3, -0.25) is 0 Å². The number of fused-ring (bicyclic) bond motifs is 1. The van der Waals surface area contributed by atoms with Gasteiger partial charge in [0.25, 0.3) is 0 Å². The van der Waals surface area contributed by atoms with Gasteiger partial charge in [0.2, 0.25) is 0 Å². The average molecular weight is 252 g/mol. The molecular formula is C18H36. The van der Waals surface area contributed by atoms with Gasteiger partial charge in [0.15, 0.2) is 0 Å². The number of hydrogen-bond acceptors (Lipinski definition) is 0. The molecule has 0 saturated heterocycles. The molecule has 2 fully saturated rings. The minimum absolute atomic E-state index is 0.500. The van der Waals surface area contributed by atoms with E-state index in [-0.39, 0.29) is 0 Å². The number of rotatable bonds is 0. The average Bonchev–Trinajstić information content (AvgIpc) is 2.59. The maximum absolute atomic E-state index is 2.42. The Balaban J connectivity index is 0.000000280. The van der Waals surface area contributed by atoms with Gasteiger partial charge in [0.05, 0.1) is 0 Å². The molecule has 0 heterocycles. The molecule has 0 heteroatoms. The largest absolute Gasteiger partial charge is 0.0604 e. The molecule has 0 aromatic rings. The van der Waals surface area contributed by atoms with Gasteiger partial charge in [-0.15, -0.1) is 0 Å². The molecule has 2 aliphatic rings. The van der Waals surface area contributed by atoms with Gasteiger partial charge in [-0.25, -0.2) is 0 Å². The summed E-state index contributed by atoms with van der Waals surface area (Å²) in [5, 5.41) is 0. The van der Waals surface area contributed by atoms with Crippen LogP contribution in [-0.4, -0.2) is 0 Å². The molecule has 0 aliphatic heterocycles. The van der Waals surface area contributed by atoms with Crippen LogP contribution >= 0.6 is 0 Å². The van der Waals surface area contributed by atoms with Crippen molar-refractivity contribution in [3.63, 3.8) is 0 Å². The minimum atomic E-state index is 0.500. The second-order valence-electron chi connectivity index (χ2n) is 9.33. The van der Waals surface area contributed by atoms with Crippen LogP contribution < -0.4 is 0 Å². The van der Waals surface area contributed by atoms with Crippen molar-refractivity contribution < 1.29 is 0 Å². The molecule has 18 heavy (non-hydrogen) atoms. The predicted molar refractivity (Wildman–Crippen MR) is 82.8 cm³/mol. The van der Waals surface area contributed by atoms with E-state index in [0.717, 1.165) is 17.8 Å². The Labute approximate surface area is 116 Å². The highest BCUT2D eigenvalue weighted by Crippen LogP contribution is 2.48. The smallest absolute Gasteiger partial charge is 0.0354 e. The summed E-state index contributed by atoms with van der Waals surface area (Å²) in [6.07, 6.45) is 9.18. The van der Waals surface area contributed by atoms with Crippen molar-refractivity contribution in [2.75, 3.05) is 0 Å². The molecule has 0 spiro atoms. The fourth-order valence-electron chi connectivity index (χ4n) is 3.49. The molecule has 2 aliphatic carbocycles. The van der Waals surface area contributed by atoms with Gasteiger partial charge >= 0.3 is 0 Å². The van der Waals surface area contributed by atoms with Crippen molar-refractivity contribution in [2.24, 2.45) is 28.6 Å². The van der Waals surface area contributed by atoms with Crippen LogP contribution in [0.5, 0.6) is 0 Å². The van der Waals surface area contributed by atoms with Gasteiger partial charge in [-0.05, 0) is 47.8 Å². The van der Waals surface area contributed by atoms with E-state index in [1.165, 1.54) is 32.1 Å². The van der Waals surface area contributed by atoms with Crippen LogP contribution in [0.2, 0.25) is 0 Å². The summed E-state index contributed by atoms with van der Waals surface area (Å²) >= 11 is 0. The Kier molecular flexibility index (Phi) is 5.32. The van der Waals surface area contributed by atoms with E-state index in [4.69, 9.17) is 0 Å². The molecule has 2 saturated carbocycles. The zero-order valence-electron chi connectivity index (χ0n) is 14.0. The van der Waals surface area contributed by atoms with E-state index in [2.05, 4.69) is 48.5 Å². The summed E-state index contributed by atoms with van der Waals surface area (Å²) in [6, 6.07) is 0. The first kappa shape index (κ1) is 16.1. The summed E-state index contributed by atoms with van der Waals surface area (Å²) in [7, 11) is 0. The normalized spacial score (nSPS) is 32.5. The highest BCUT2D eigenvalue weighted by atomic mass is 14.4. The maximum atomic E-state index is 2.42. The lowest BCUT2D eigenvalue weighted by Crippen LogP contribution is -2.29. The van der Waals surface area contributed by atoms with E-state index >= 15 is 0 Å². The van der Waals surface area contributed by atoms with Crippen LogP contribution in [0, 0.1) is 28.6 Å². The van der Waals surface area contributed by atoms with Crippen LogP contribution in [0.1, 0.15) is 87.0 Å². The summed E-state index contributed by atoms with van der Waals surface area (Å²) in [5.41, 5.74) is 1.06. The lowest BCUT2D eigenvalue weighted by Gasteiger charge is -2.39. The summed E-state index contributed by atoms with van der Waals surface area (Å²) < 4.78 is 0. The fraction of sp³-hybridized carbons (Fsp3) is 1.00. The van der Waals surface area contributed by atoms with Crippen LogP contribution in [0.3, 0.4) is 0 Å². The van der Waals surface area contributed by atoms with Gasteiger partial charge in [0.1, 0.15) is 0 Å². The molecular weight excluding hydrogens is 216 g/mol. The summed E-state index contributed by atoms with van der Waals surface area (Å²) in [4.78, 5) is 0. The first-order chi connectivity index (χ1) is 8.07. The monoisotopic (exact) mass is 252 g/mol. The lowest BCUT2D eigenvalue weighted by atomic mass is 9.66. The first-order valence-corrected chi connectivity index (χ1v) is 8.07. The number of hydrogen-bond donors (Lipinski definition) is 0. The zero-order chi connectivity index (χ0) is 14.0. The van der Waals surface area contributed by atoms with Gasteiger partial charge in [0, 0.05) is 0 Å². The quantitative estimate of drug-likeness (QED) is 0.474. The predicted octanol–water partition coefficient (Wildman–Crippen LogP) is 6.30. The molecule has 0 nitrogen and oxygen atoms in total. The maximum Gasteiger partial charge on any atom is -0.0354 e. The van der Waals surface area contributed by atoms with Crippen molar-refractivity contribution in [1.82, 2.24) is 0 Å². The molecule has 3 unspecified atom stereocenters. The Morgan fingerprint density at radius 3 is 1.67 bits per heavy atom. The Morgan fingerprint density at radius 1 is 0.667 bits per heavy atom. The van der Waals surface area contributed by atoms with Gasteiger partial charge in [-0.1, -0.05) is 67.7 Å². The molecule has 3 atom stereocenters. The van der Waals surface area contributed by atoms with Crippen molar-refractivity contribution in [3.05, 3.63) is 0 Å². The summed E-state index contributed by atoms with van der Waals surface area (Å²) in [5.74, 6) is 3.24. The van der Waals surface area contributed by atoms with Crippen molar-refractivity contribution in [1.29, 1.82) is 0 Å².